The molecular weight excluding hydrogens is 414 g/mol. The summed E-state index contributed by atoms with van der Waals surface area (Å²) >= 11 is 1.78. The van der Waals surface area contributed by atoms with Gasteiger partial charge in [-0.2, -0.15) is 0 Å². The molecule has 1 aliphatic rings. The topological polar surface area (TPSA) is 83.1 Å². The molecule has 31 heavy (non-hydrogen) atoms. The predicted octanol–water partition coefficient (Wildman–Crippen LogP) is 4.18. The molecule has 0 fully saturated rings. The van der Waals surface area contributed by atoms with E-state index >= 15 is 0 Å². The molecule has 0 aliphatic heterocycles. The predicted molar refractivity (Wildman–Crippen MR) is 119 cm³/mol. The molecule has 0 spiro atoms. The monoisotopic (exact) mass is 437 g/mol. The molecular formula is C22H23N5O3S. The van der Waals surface area contributed by atoms with Gasteiger partial charge in [0.05, 0.1) is 25.3 Å². The average Bonchev–Trinajstić information content (AvgIpc) is 3.38. The Morgan fingerprint density at radius 3 is 2.84 bits per heavy atom. The van der Waals surface area contributed by atoms with Gasteiger partial charge >= 0.3 is 0 Å². The van der Waals surface area contributed by atoms with Gasteiger partial charge in [0.2, 0.25) is 0 Å². The van der Waals surface area contributed by atoms with Crippen LogP contribution in [-0.4, -0.2) is 39.5 Å². The molecule has 8 nitrogen and oxygen atoms in total. The van der Waals surface area contributed by atoms with Crippen molar-refractivity contribution in [3.05, 3.63) is 46.4 Å². The number of benzene rings is 1. The molecule has 1 aromatic carbocycles. The number of rotatable bonds is 6. The number of methoxy groups -OCH3 is 2. The van der Waals surface area contributed by atoms with Crippen LogP contribution in [0.3, 0.4) is 0 Å². The third-order valence-corrected chi connectivity index (χ3v) is 6.73. The largest absolute Gasteiger partial charge is 0.493 e. The van der Waals surface area contributed by atoms with Crippen molar-refractivity contribution in [2.24, 2.45) is 5.16 Å². The molecule has 0 saturated carbocycles. The second-order valence-corrected chi connectivity index (χ2v) is 8.54. The zero-order valence-corrected chi connectivity index (χ0v) is 18.5. The summed E-state index contributed by atoms with van der Waals surface area (Å²) in [7, 11) is 3.22. The fourth-order valence-electron chi connectivity index (χ4n) is 3.96. The Kier molecular flexibility index (Phi) is 5.19. The summed E-state index contributed by atoms with van der Waals surface area (Å²) in [5.41, 5.74) is 3.85. The summed E-state index contributed by atoms with van der Waals surface area (Å²) in [6.07, 6.45) is 6.42. The van der Waals surface area contributed by atoms with E-state index < -0.39 is 0 Å². The van der Waals surface area contributed by atoms with Gasteiger partial charge in [-0.1, -0.05) is 5.16 Å². The first kappa shape index (κ1) is 19.7. The van der Waals surface area contributed by atoms with Crippen molar-refractivity contribution in [1.82, 2.24) is 19.6 Å². The van der Waals surface area contributed by atoms with E-state index in [2.05, 4.69) is 15.2 Å². The van der Waals surface area contributed by atoms with E-state index in [4.69, 9.17) is 19.3 Å². The number of thiophene rings is 1. The molecule has 0 unspecified atom stereocenters. The fourth-order valence-corrected chi connectivity index (χ4v) is 5.18. The summed E-state index contributed by atoms with van der Waals surface area (Å²) in [5, 5.41) is 9.90. The lowest BCUT2D eigenvalue weighted by molar-refractivity contribution is 0.125. The molecule has 3 aromatic heterocycles. The summed E-state index contributed by atoms with van der Waals surface area (Å²) in [5.74, 6) is 1.89. The average molecular weight is 438 g/mol. The van der Waals surface area contributed by atoms with Gasteiger partial charge in [0.25, 0.3) is 0 Å². The first-order valence-electron chi connectivity index (χ1n) is 10.2. The van der Waals surface area contributed by atoms with Crippen molar-refractivity contribution in [3.63, 3.8) is 0 Å². The van der Waals surface area contributed by atoms with Crippen LogP contribution >= 0.6 is 11.3 Å². The molecule has 160 valence electrons. The minimum Gasteiger partial charge on any atom is -0.493 e. The Balaban J connectivity index is 1.37. The van der Waals surface area contributed by atoms with Gasteiger partial charge in [0, 0.05) is 10.4 Å². The molecule has 0 N–H and O–H groups in total. The van der Waals surface area contributed by atoms with E-state index in [0.717, 1.165) is 40.0 Å². The van der Waals surface area contributed by atoms with Crippen molar-refractivity contribution in [2.45, 2.75) is 39.2 Å². The van der Waals surface area contributed by atoms with Gasteiger partial charge in [0.15, 0.2) is 29.6 Å². The molecule has 0 atom stereocenters. The minimum absolute atomic E-state index is 0.181. The number of oxime groups is 1. The van der Waals surface area contributed by atoms with E-state index in [1.54, 1.807) is 36.4 Å². The van der Waals surface area contributed by atoms with Crippen LogP contribution in [0.15, 0.2) is 29.7 Å². The third kappa shape index (κ3) is 3.59. The highest BCUT2D eigenvalue weighted by molar-refractivity contribution is 7.19. The summed E-state index contributed by atoms with van der Waals surface area (Å²) in [6.45, 7) is 2.06. The van der Waals surface area contributed by atoms with Crippen LogP contribution in [-0.2, 0) is 24.3 Å². The molecule has 4 aromatic rings. The Labute approximate surface area is 183 Å². The molecule has 1 aliphatic carbocycles. The summed E-state index contributed by atoms with van der Waals surface area (Å²) in [6, 6.07) is 5.62. The summed E-state index contributed by atoms with van der Waals surface area (Å²) in [4.78, 5) is 17.4. The summed E-state index contributed by atoms with van der Waals surface area (Å²) < 4.78 is 12.4. The van der Waals surface area contributed by atoms with Gasteiger partial charge in [-0.3, -0.25) is 0 Å². The second-order valence-electron chi connectivity index (χ2n) is 7.45. The SMILES string of the molecule is COc1ccc(C(C)=NOCc2nc3c4c5c(sc4ncn3n2)CCCC5)cc1OC. The number of fused-ring (bicyclic) bond motifs is 5. The van der Waals surface area contributed by atoms with Crippen molar-refractivity contribution in [3.8, 4) is 11.5 Å². The maximum Gasteiger partial charge on any atom is 0.192 e. The number of ether oxygens (including phenoxy) is 2. The van der Waals surface area contributed by atoms with Crippen LogP contribution in [0.2, 0.25) is 0 Å². The van der Waals surface area contributed by atoms with Gasteiger partial charge in [0.1, 0.15) is 11.2 Å². The zero-order valence-electron chi connectivity index (χ0n) is 17.7. The van der Waals surface area contributed by atoms with Crippen LogP contribution in [0.4, 0.5) is 0 Å². The molecule has 0 saturated heterocycles. The number of nitrogens with zero attached hydrogens (tertiary/aromatic N) is 5. The molecule has 0 bridgehead atoms. The van der Waals surface area contributed by atoms with Gasteiger partial charge in [-0.15, -0.1) is 16.4 Å². The van der Waals surface area contributed by atoms with E-state index in [-0.39, 0.29) is 6.61 Å². The maximum atomic E-state index is 5.56. The lowest BCUT2D eigenvalue weighted by Gasteiger charge is -2.09. The highest BCUT2D eigenvalue weighted by atomic mass is 32.1. The van der Waals surface area contributed by atoms with Crippen LogP contribution < -0.4 is 9.47 Å². The first-order chi connectivity index (χ1) is 15.2. The number of hydrogen-bond acceptors (Lipinski definition) is 8. The van der Waals surface area contributed by atoms with Crippen LogP contribution in [0.5, 0.6) is 11.5 Å². The van der Waals surface area contributed by atoms with E-state index in [1.165, 1.54) is 23.3 Å². The van der Waals surface area contributed by atoms with E-state index in [1.807, 2.05) is 25.1 Å². The molecule has 9 heteroatoms. The lowest BCUT2D eigenvalue weighted by atomic mass is 9.97. The quantitative estimate of drug-likeness (QED) is 0.332. The van der Waals surface area contributed by atoms with Gasteiger partial charge < -0.3 is 14.3 Å². The molecule has 3 heterocycles. The van der Waals surface area contributed by atoms with Gasteiger partial charge in [-0.05, 0) is 56.4 Å². The van der Waals surface area contributed by atoms with Crippen LogP contribution in [0, 0.1) is 0 Å². The van der Waals surface area contributed by atoms with Crippen molar-refractivity contribution in [1.29, 1.82) is 0 Å². The second kappa shape index (κ2) is 8.14. The Morgan fingerprint density at radius 2 is 2.00 bits per heavy atom. The fraction of sp³-hybridized carbons (Fsp3) is 0.364. The number of hydrogen-bond donors (Lipinski definition) is 0. The van der Waals surface area contributed by atoms with E-state index in [9.17, 15) is 0 Å². The van der Waals surface area contributed by atoms with E-state index in [0.29, 0.717) is 17.3 Å². The van der Waals surface area contributed by atoms with Crippen LogP contribution in [0.25, 0.3) is 15.9 Å². The Hall–Kier alpha value is -3.20. The normalized spacial score (nSPS) is 14.1. The van der Waals surface area contributed by atoms with Crippen molar-refractivity contribution in [2.75, 3.05) is 14.2 Å². The lowest BCUT2D eigenvalue weighted by Crippen LogP contribution is -1.99. The smallest absolute Gasteiger partial charge is 0.192 e. The Bertz CT molecular complexity index is 1290. The highest BCUT2D eigenvalue weighted by Gasteiger charge is 2.20. The third-order valence-electron chi connectivity index (χ3n) is 5.53. The number of aryl methyl sites for hydroxylation is 2. The maximum absolute atomic E-state index is 5.56. The van der Waals surface area contributed by atoms with Crippen molar-refractivity contribution >= 4 is 32.9 Å². The van der Waals surface area contributed by atoms with Crippen LogP contribution in [0.1, 0.15) is 41.6 Å². The number of aromatic nitrogens is 4. The van der Waals surface area contributed by atoms with Gasteiger partial charge in [-0.25, -0.2) is 14.5 Å². The minimum atomic E-state index is 0.181. The molecule has 0 radical (unpaired) electrons. The molecule has 0 amide bonds. The molecule has 5 rings (SSSR count). The first-order valence-corrected chi connectivity index (χ1v) is 11.0. The Morgan fingerprint density at radius 1 is 1.16 bits per heavy atom. The highest BCUT2D eigenvalue weighted by Crippen LogP contribution is 2.36. The van der Waals surface area contributed by atoms with Crippen molar-refractivity contribution < 1.29 is 14.3 Å². The zero-order chi connectivity index (χ0) is 21.4. The standard InChI is InChI=1S/C22H23N5O3S/c1-13(14-8-9-16(28-2)17(10-14)29-3)26-30-11-19-24-21-20-15-6-4-5-7-18(15)31-22(20)23-12-27(21)25-19/h8-10,12H,4-7,11H2,1-3H3.